The molecule has 2 nitrogen and oxygen atoms in total. The average Bonchev–Trinajstić information content (AvgIpc) is 2.51. The van der Waals surface area contributed by atoms with Crippen molar-refractivity contribution in [3.05, 3.63) is 23.3 Å². The number of anilines is 1. The summed E-state index contributed by atoms with van der Waals surface area (Å²) in [6.45, 7) is 8.62. The summed E-state index contributed by atoms with van der Waals surface area (Å²) in [4.78, 5) is 0. The van der Waals surface area contributed by atoms with E-state index in [0.717, 1.165) is 12.0 Å². The Morgan fingerprint density at radius 3 is 1.83 bits per heavy atom. The van der Waals surface area contributed by atoms with Crippen LogP contribution in [0.15, 0.2) is 12.1 Å². The Morgan fingerprint density at radius 1 is 0.833 bits per heavy atom. The molecule has 0 aromatic heterocycles. The molecule has 1 aromatic carbocycles. The zero-order valence-corrected chi connectivity index (χ0v) is 16.5. The summed E-state index contributed by atoms with van der Waals surface area (Å²) >= 11 is 0. The number of hydrogen-bond donors (Lipinski definition) is 2. The first-order valence-corrected chi connectivity index (χ1v) is 9.98. The summed E-state index contributed by atoms with van der Waals surface area (Å²) in [5.74, 6) is 0.259. The minimum absolute atomic E-state index is 0.0774. The molecule has 0 unspecified atom stereocenters. The molecule has 3 N–H and O–H groups in total. The Morgan fingerprint density at radius 2 is 1.33 bits per heavy atom. The maximum absolute atomic E-state index is 10.2. The van der Waals surface area contributed by atoms with E-state index in [2.05, 4.69) is 33.8 Å². The van der Waals surface area contributed by atoms with Gasteiger partial charge in [0.25, 0.3) is 0 Å². The van der Waals surface area contributed by atoms with Crippen LogP contribution in [0.3, 0.4) is 0 Å². The minimum Gasteiger partial charge on any atom is -0.505 e. The largest absolute Gasteiger partial charge is 0.505 e. The topological polar surface area (TPSA) is 46.2 Å². The second kappa shape index (κ2) is 10.6. The number of benzene rings is 1. The van der Waals surface area contributed by atoms with Gasteiger partial charge in [0.2, 0.25) is 0 Å². The van der Waals surface area contributed by atoms with Crippen LogP contribution in [-0.2, 0) is 11.8 Å². The van der Waals surface area contributed by atoms with Gasteiger partial charge in [0.1, 0.15) is 5.75 Å². The standard InChI is InChI=1S/C22H39NO/c1-5-6-7-8-9-10-11-12-13-14-15-18-16-19(22(2,3)4)21(24)20(23)17-18/h16-17,24H,5-15,23H2,1-4H3. The lowest BCUT2D eigenvalue weighted by molar-refractivity contribution is 0.448. The first kappa shape index (κ1) is 20.9. The van der Waals surface area contributed by atoms with E-state index in [1.54, 1.807) is 0 Å². The number of hydrogen-bond acceptors (Lipinski definition) is 2. The highest BCUT2D eigenvalue weighted by molar-refractivity contribution is 5.59. The summed E-state index contributed by atoms with van der Waals surface area (Å²) in [5.41, 5.74) is 8.65. The first-order valence-electron chi connectivity index (χ1n) is 9.98. The third-order valence-electron chi connectivity index (χ3n) is 4.83. The van der Waals surface area contributed by atoms with Crippen LogP contribution in [0, 0.1) is 0 Å². The molecule has 0 aliphatic rings. The van der Waals surface area contributed by atoms with Gasteiger partial charge in [-0.1, -0.05) is 91.5 Å². The molecule has 0 aliphatic carbocycles. The monoisotopic (exact) mass is 333 g/mol. The number of aromatic hydroxyl groups is 1. The second-order valence-electron chi connectivity index (χ2n) is 8.26. The van der Waals surface area contributed by atoms with Crippen LogP contribution in [0.25, 0.3) is 0 Å². The highest BCUT2D eigenvalue weighted by Gasteiger charge is 2.20. The molecule has 138 valence electrons. The molecule has 0 fully saturated rings. The van der Waals surface area contributed by atoms with Gasteiger partial charge in [-0.25, -0.2) is 0 Å². The number of rotatable bonds is 11. The number of phenols is 1. The fourth-order valence-electron chi connectivity index (χ4n) is 3.25. The highest BCUT2D eigenvalue weighted by atomic mass is 16.3. The van der Waals surface area contributed by atoms with E-state index in [1.165, 1.54) is 69.8 Å². The van der Waals surface area contributed by atoms with Crippen molar-refractivity contribution in [3.63, 3.8) is 0 Å². The van der Waals surface area contributed by atoms with E-state index >= 15 is 0 Å². The normalized spacial score (nSPS) is 11.8. The highest BCUT2D eigenvalue weighted by Crippen LogP contribution is 2.36. The van der Waals surface area contributed by atoms with Crippen LogP contribution < -0.4 is 5.73 Å². The lowest BCUT2D eigenvalue weighted by Crippen LogP contribution is -2.13. The van der Waals surface area contributed by atoms with Crippen molar-refractivity contribution < 1.29 is 5.11 Å². The van der Waals surface area contributed by atoms with Crippen molar-refractivity contribution >= 4 is 5.69 Å². The van der Waals surface area contributed by atoms with Crippen molar-refractivity contribution in [2.75, 3.05) is 5.73 Å². The van der Waals surface area contributed by atoms with Crippen molar-refractivity contribution in [2.24, 2.45) is 0 Å². The van der Waals surface area contributed by atoms with Crippen molar-refractivity contribution in [2.45, 2.75) is 104 Å². The van der Waals surface area contributed by atoms with Crippen LogP contribution >= 0.6 is 0 Å². The van der Waals surface area contributed by atoms with Crippen LogP contribution in [-0.4, -0.2) is 5.11 Å². The minimum atomic E-state index is -0.0774. The van der Waals surface area contributed by atoms with Crippen molar-refractivity contribution in [1.29, 1.82) is 0 Å². The predicted octanol–water partition coefficient (Wildman–Crippen LogP) is 6.74. The van der Waals surface area contributed by atoms with Gasteiger partial charge in [-0.05, 0) is 29.9 Å². The van der Waals surface area contributed by atoms with Crippen LogP contribution in [0.5, 0.6) is 5.75 Å². The zero-order valence-electron chi connectivity index (χ0n) is 16.5. The van der Waals surface area contributed by atoms with Gasteiger partial charge in [0, 0.05) is 5.56 Å². The number of aryl methyl sites for hydroxylation is 1. The SMILES string of the molecule is CCCCCCCCCCCCc1cc(N)c(O)c(C(C)(C)C)c1. The fourth-order valence-corrected chi connectivity index (χ4v) is 3.25. The van der Waals surface area contributed by atoms with E-state index < -0.39 is 0 Å². The Bertz CT molecular complexity index is 474. The van der Waals surface area contributed by atoms with Gasteiger partial charge in [-0.3, -0.25) is 0 Å². The quantitative estimate of drug-likeness (QED) is 0.268. The molecule has 1 rings (SSSR count). The molecule has 0 bridgehead atoms. The molecule has 0 spiro atoms. The maximum Gasteiger partial charge on any atom is 0.142 e. The molecule has 0 saturated heterocycles. The first-order chi connectivity index (χ1) is 11.4. The zero-order chi connectivity index (χ0) is 18.0. The molecule has 1 aromatic rings. The summed E-state index contributed by atoms with van der Waals surface area (Å²) in [7, 11) is 0. The molecule has 24 heavy (non-hydrogen) atoms. The molecular weight excluding hydrogens is 294 g/mol. The molecule has 0 saturated carbocycles. The third kappa shape index (κ3) is 7.59. The Labute approximate surface area is 149 Å². The van der Waals surface area contributed by atoms with Crippen LogP contribution in [0.2, 0.25) is 0 Å². The Balaban J connectivity index is 2.27. The van der Waals surface area contributed by atoms with Gasteiger partial charge in [0.15, 0.2) is 0 Å². The molecule has 0 heterocycles. The molecule has 0 aliphatic heterocycles. The molecule has 0 amide bonds. The van der Waals surface area contributed by atoms with Gasteiger partial charge in [0.05, 0.1) is 5.69 Å². The number of phenolic OH excluding ortho intramolecular Hbond substituents is 1. The number of unbranched alkanes of at least 4 members (excludes halogenated alkanes) is 9. The second-order valence-corrected chi connectivity index (χ2v) is 8.26. The van der Waals surface area contributed by atoms with E-state index in [4.69, 9.17) is 5.73 Å². The van der Waals surface area contributed by atoms with Crippen LogP contribution in [0.1, 0.15) is 103 Å². The average molecular weight is 334 g/mol. The summed E-state index contributed by atoms with van der Waals surface area (Å²) in [5, 5.41) is 10.2. The van der Waals surface area contributed by atoms with E-state index in [1.807, 2.05) is 6.07 Å². The molecular formula is C22H39NO. The van der Waals surface area contributed by atoms with Gasteiger partial charge in [-0.15, -0.1) is 0 Å². The number of nitrogen functional groups attached to an aromatic ring is 1. The van der Waals surface area contributed by atoms with E-state index in [0.29, 0.717) is 5.69 Å². The van der Waals surface area contributed by atoms with Crippen LogP contribution in [0.4, 0.5) is 5.69 Å². The van der Waals surface area contributed by atoms with Crippen molar-refractivity contribution in [1.82, 2.24) is 0 Å². The van der Waals surface area contributed by atoms with E-state index in [9.17, 15) is 5.11 Å². The van der Waals surface area contributed by atoms with Crippen molar-refractivity contribution in [3.8, 4) is 5.75 Å². The molecule has 2 heteroatoms. The smallest absolute Gasteiger partial charge is 0.142 e. The molecule has 0 atom stereocenters. The molecule has 0 radical (unpaired) electrons. The maximum atomic E-state index is 10.2. The lowest BCUT2D eigenvalue weighted by Gasteiger charge is -2.22. The van der Waals surface area contributed by atoms with E-state index in [-0.39, 0.29) is 11.2 Å². The van der Waals surface area contributed by atoms with Gasteiger partial charge >= 0.3 is 0 Å². The van der Waals surface area contributed by atoms with Gasteiger partial charge < -0.3 is 10.8 Å². The Hall–Kier alpha value is -1.18. The third-order valence-corrected chi connectivity index (χ3v) is 4.83. The predicted molar refractivity (Wildman–Crippen MR) is 107 cm³/mol. The summed E-state index contributed by atoms with van der Waals surface area (Å²) in [6.07, 6.45) is 14.6. The Kier molecular flexibility index (Phi) is 9.25. The fraction of sp³-hybridized carbons (Fsp3) is 0.727. The van der Waals surface area contributed by atoms with Gasteiger partial charge in [-0.2, -0.15) is 0 Å². The summed E-state index contributed by atoms with van der Waals surface area (Å²) in [6, 6.07) is 4.08. The lowest BCUT2D eigenvalue weighted by atomic mass is 9.84. The number of nitrogens with two attached hydrogens (primary N) is 1. The summed E-state index contributed by atoms with van der Waals surface area (Å²) < 4.78 is 0.